The van der Waals surface area contributed by atoms with Crippen LogP contribution < -0.4 is 5.32 Å². The second kappa shape index (κ2) is 4.51. The maximum Gasteiger partial charge on any atom is 0.219 e. The highest BCUT2D eigenvalue weighted by molar-refractivity contribution is 5.81. The van der Waals surface area contributed by atoms with Gasteiger partial charge in [-0.25, -0.2) is 0 Å². The molecule has 2 heterocycles. The summed E-state index contributed by atoms with van der Waals surface area (Å²) in [5.41, 5.74) is 0. The summed E-state index contributed by atoms with van der Waals surface area (Å²) in [6.07, 6.45) is 1.12. The first-order chi connectivity index (χ1) is 7.27. The number of amides is 1. The second-order valence-corrected chi connectivity index (χ2v) is 3.98. The number of nitrogens with one attached hydrogen (secondary N) is 1. The zero-order chi connectivity index (χ0) is 10.7. The van der Waals surface area contributed by atoms with E-state index < -0.39 is 0 Å². The fraction of sp³-hybridized carbons (Fsp3) is 0.800. The van der Waals surface area contributed by atoms with Gasteiger partial charge in [0.05, 0.1) is 0 Å². The van der Waals surface area contributed by atoms with E-state index in [9.17, 15) is 4.79 Å². The van der Waals surface area contributed by atoms with E-state index in [0.717, 1.165) is 51.6 Å². The molecule has 0 atom stereocenters. The first-order valence-electron chi connectivity index (χ1n) is 5.56. The Kier molecular flexibility index (Phi) is 3.08. The van der Waals surface area contributed by atoms with Crippen LogP contribution >= 0.6 is 0 Å². The van der Waals surface area contributed by atoms with Crippen molar-refractivity contribution in [2.24, 2.45) is 4.99 Å². The summed E-state index contributed by atoms with van der Waals surface area (Å²) >= 11 is 0. The molecule has 2 aliphatic rings. The maximum atomic E-state index is 11.1. The highest BCUT2D eigenvalue weighted by atomic mass is 16.2. The minimum absolute atomic E-state index is 0.174. The summed E-state index contributed by atoms with van der Waals surface area (Å²) in [5, 5.41) is 3.31. The molecule has 84 valence electrons. The molecular weight excluding hydrogens is 192 g/mol. The van der Waals surface area contributed by atoms with E-state index in [4.69, 9.17) is 0 Å². The molecule has 1 saturated heterocycles. The number of hydrogen-bond acceptors (Lipinski definition) is 4. The smallest absolute Gasteiger partial charge is 0.219 e. The van der Waals surface area contributed by atoms with Gasteiger partial charge in [-0.2, -0.15) is 0 Å². The molecule has 1 N–H and O–H groups in total. The topological polar surface area (TPSA) is 47.9 Å². The largest absolute Gasteiger partial charge is 0.356 e. The van der Waals surface area contributed by atoms with E-state index >= 15 is 0 Å². The zero-order valence-corrected chi connectivity index (χ0v) is 9.20. The van der Waals surface area contributed by atoms with Crippen LogP contribution in [0.2, 0.25) is 0 Å². The highest BCUT2D eigenvalue weighted by Gasteiger charge is 2.21. The Morgan fingerprint density at radius 1 is 1.33 bits per heavy atom. The monoisotopic (exact) mass is 210 g/mol. The number of carbonyl (C=O) groups is 1. The first kappa shape index (κ1) is 10.3. The van der Waals surface area contributed by atoms with Crippen molar-refractivity contribution in [3.8, 4) is 0 Å². The quantitative estimate of drug-likeness (QED) is 0.586. The highest BCUT2D eigenvalue weighted by Crippen LogP contribution is 2.04. The van der Waals surface area contributed by atoms with Gasteiger partial charge in [0, 0.05) is 46.2 Å². The van der Waals surface area contributed by atoms with Crippen molar-refractivity contribution in [2.45, 2.75) is 13.3 Å². The van der Waals surface area contributed by atoms with Gasteiger partial charge in [-0.15, -0.1) is 0 Å². The van der Waals surface area contributed by atoms with Gasteiger partial charge in [0.1, 0.15) is 0 Å². The molecule has 0 unspecified atom stereocenters. The molecule has 5 nitrogen and oxygen atoms in total. The molecule has 0 aliphatic carbocycles. The normalized spacial score (nSPS) is 22.1. The third-order valence-corrected chi connectivity index (χ3v) is 2.90. The molecule has 0 spiro atoms. The van der Waals surface area contributed by atoms with E-state index in [2.05, 4.69) is 15.2 Å². The SMILES string of the molecule is CC(=O)N1CCN(C2=NCCCN2)CC1. The number of hydrogen-bond donors (Lipinski definition) is 1. The second-order valence-electron chi connectivity index (χ2n) is 3.98. The third-order valence-electron chi connectivity index (χ3n) is 2.90. The average Bonchev–Trinajstić information content (AvgIpc) is 2.30. The van der Waals surface area contributed by atoms with Crippen LogP contribution in [0.4, 0.5) is 0 Å². The average molecular weight is 210 g/mol. The molecule has 0 bridgehead atoms. The molecule has 0 aromatic heterocycles. The van der Waals surface area contributed by atoms with E-state index in [0.29, 0.717) is 0 Å². The minimum atomic E-state index is 0.174. The summed E-state index contributed by atoms with van der Waals surface area (Å²) in [6.45, 7) is 7.00. The van der Waals surface area contributed by atoms with Crippen LogP contribution in [-0.4, -0.2) is 60.9 Å². The molecule has 15 heavy (non-hydrogen) atoms. The maximum absolute atomic E-state index is 11.1. The van der Waals surface area contributed by atoms with Gasteiger partial charge in [-0.1, -0.05) is 0 Å². The Morgan fingerprint density at radius 2 is 2.07 bits per heavy atom. The minimum Gasteiger partial charge on any atom is -0.356 e. The molecule has 5 heteroatoms. The lowest BCUT2D eigenvalue weighted by Gasteiger charge is -2.36. The summed E-state index contributed by atoms with van der Waals surface area (Å²) < 4.78 is 0. The number of piperazine rings is 1. The van der Waals surface area contributed by atoms with Gasteiger partial charge < -0.3 is 15.1 Å². The van der Waals surface area contributed by atoms with Crippen molar-refractivity contribution < 1.29 is 4.79 Å². The van der Waals surface area contributed by atoms with E-state index in [1.54, 1.807) is 6.92 Å². The summed E-state index contributed by atoms with van der Waals surface area (Å²) in [4.78, 5) is 19.7. The Bertz CT molecular complexity index is 269. The van der Waals surface area contributed by atoms with Gasteiger partial charge >= 0.3 is 0 Å². The predicted molar refractivity (Wildman–Crippen MR) is 58.7 cm³/mol. The fourth-order valence-corrected chi connectivity index (χ4v) is 1.97. The number of aliphatic imine (C=N–C) groups is 1. The molecule has 1 amide bonds. The van der Waals surface area contributed by atoms with Crippen molar-refractivity contribution in [3.05, 3.63) is 0 Å². The van der Waals surface area contributed by atoms with Gasteiger partial charge in [0.25, 0.3) is 0 Å². The van der Waals surface area contributed by atoms with Crippen molar-refractivity contribution in [3.63, 3.8) is 0 Å². The number of nitrogens with zero attached hydrogens (tertiary/aromatic N) is 3. The predicted octanol–water partition coefficient (Wildman–Crippen LogP) is -0.500. The number of guanidine groups is 1. The summed E-state index contributed by atoms with van der Waals surface area (Å²) in [7, 11) is 0. The van der Waals surface area contributed by atoms with Crippen molar-refractivity contribution in [1.29, 1.82) is 0 Å². The fourth-order valence-electron chi connectivity index (χ4n) is 1.97. The molecule has 2 aliphatic heterocycles. The molecular formula is C10H18N4O. The van der Waals surface area contributed by atoms with Crippen molar-refractivity contribution in [2.75, 3.05) is 39.3 Å². The van der Waals surface area contributed by atoms with Crippen molar-refractivity contribution in [1.82, 2.24) is 15.1 Å². The van der Waals surface area contributed by atoms with Gasteiger partial charge in [-0.3, -0.25) is 9.79 Å². The molecule has 0 radical (unpaired) electrons. The van der Waals surface area contributed by atoms with Crippen LogP contribution in [0, 0.1) is 0 Å². The van der Waals surface area contributed by atoms with Crippen LogP contribution in [-0.2, 0) is 4.79 Å². The van der Waals surface area contributed by atoms with Gasteiger partial charge in [0.15, 0.2) is 5.96 Å². The van der Waals surface area contributed by atoms with Crippen LogP contribution in [0.3, 0.4) is 0 Å². The van der Waals surface area contributed by atoms with Gasteiger partial charge in [-0.05, 0) is 6.42 Å². The zero-order valence-electron chi connectivity index (χ0n) is 9.20. The van der Waals surface area contributed by atoms with E-state index in [-0.39, 0.29) is 5.91 Å². The van der Waals surface area contributed by atoms with Crippen LogP contribution in [0.15, 0.2) is 4.99 Å². The van der Waals surface area contributed by atoms with Crippen molar-refractivity contribution >= 4 is 11.9 Å². The van der Waals surface area contributed by atoms with E-state index in [1.807, 2.05) is 4.90 Å². The molecule has 2 rings (SSSR count). The van der Waals surface area contributed by atoms with Gasteiger partial charge in [0.2, 0.25) is 5.91 Å². The number of carbonyl (C=O) groups excluding carboxylic acids is 1. The lowest BCUT2D eigenvalue weighted by Crippen LogP contribution is -2.54. The molecule has 0 saturated carbocycles. The molecule has 0 aromatic carbocycles. The van der Waals surface area contributed by atoms with Crippen LogP contribution in [0.5, 0.6) is 0 Å². The first-order valence-corrected chi connectivity index (χ1v) is 5.56. The Morgan fingerprint density at radius 3 is 2.60 bits per heavy atom. The summed E-state index contributed by atoms with van der Waals surface area (Å²) in [6, 6.07) is 0. The lowest BCUT2D eigenvalue weighted by molar-refractivity contribution is -0.130. The Hall–Kier alpha value is -1.26. The Labute approximate surface area is 90.1 Å². The standard InChI is InChI=1S/C10H18N4O/c1-9(15)13-5-7-14(8-6-13)10-11-3-2-4-12-10/h2-8H2,1H3,(H,11,12). The van der Waals surface area contributed by atoms with E-state index in [1.165, 1.54) is 0 Å². The third kappa shape index (κ3) is 2.40. The van der Waals surface area contributed by atoms with Crippen LogP contribution in [0.1, 0.15) is 13.3 Å². The number of rotatable bonds is 0. The lowest BCUT2D eigenvalue weighted by atomic mass is 10.3. The van der Waals surface area contributed by atoms with Crippen LogP contribution in [0.25, 0.3) is 0 Å². The molecule has 1 fully saturated rings. The Balaban J connectivity index is 1.87. The molecule has 0 aromatic rings. The summed E-state index contributed by atoms with van der Waals surface area (Å²) in [5.74, 6) is 1.19.